The molecule has 0 unspecified atom stereocenters. The van der Waals surface area contributed by atoms with Gasteiger partial charge in [0, 0.05) is 5.56 Å². The molecule has 180 valence electrons. The molecule has 0 radical (unpaired) electrons. The molecular weight excluding hydrogens is 464 g/mol. The number of nitriles is 1. The van der Waals surface area contributed by atoms with Gasteiger partial charge in [0.05, 0.1) is 29.2 Å². The molecule has 3 aromatic carbocycles. The first kappa shape index (κ1) is 23.3. The minimum Gasteiger partial charge on any atom is -0.489 e. The number of rotatable bonds is 8. The van der Waals surface area contributed by atoms with Gasteiger partial charge in [-0.05, 0) is 66.8 Å². The smallest absolute Gasteiger partial charge is 0.387 e. The second kappa shape index (κ2) is 10.0. The molecule has 0 N–H and O–H groups in total. The van der Waals surface area contributed by atoms with E-state index in [4.69, 9.17) is 19.2 Å². The predicted octanol–water partition coefficient (Wildman–Crippen LogP) is 6.89. The fourth-order valence-corrected chi connectivity index (χ4v) is 3.92. The Labute approximate surface area is 205 Å². The number of hydrogen-bond donors (Lipinski definition) is 0. The normalized spacial score (nSPS) is 13.3. The maximum atomic E-state index is 13.5. The zero-order valence-electron chi connectivity index (χ0n) is 19.1. The Morgan fingerprint density at radius 2 is 1.81 bits per heavy atom. The highest BCUT2D eigenvalue weighted by Gasteiger charge is 2.24. The van der Waals surface area contributed by atoms with Gasteiger partial charge in [0.15, 0.2) is 11.5 Å². The topological polar surface area (TPSA) is 72.5 Å². The summed E-state index contributed by atoms with van der Waals surface area (Å²) in [5.74, 6) is 0.851. The lowest BCUT2D eigenvalue weighted by Crippen LogP contribution is -2.08. The van der Waals surface area contributed by atoms with Gasteiger partial charge in [-0.1, -0.05) is 36.4 Å². The third-order valence-corrected chi connectivity index (χ3v) is 5.93. The molecule has 36 heavy (non-hydrogen) atoms. The fraction of sp³-hybridized carbons (Fsp3) is 0.172. The van der Waals surface area contributed by atoms with Crippen LogP contribution in [0, 0.1) is 17.2 Å². The lowest BCUT2D eigenvalue weighted by atomic mass is 10.00. The van der Waals surface area contributed by atoms with Crippen LogP contribution in [0.5, 0.6) is 11.5 Å². The number of alkyl halides is 2. The van der Waals surface area contributed by atoms with Crippen LogP contribution in [0.3, 0.4) is 0 Å². The number of para-hydroxylation sites is 2. The molecule has 1 fully saturated rings. The summed E-state index contributed by atoms with van der Waals surface area (Å²) >= 11 is 0. The van der Waals surface area contributed by atoms with Crippen LogP contribution < -0.4 is 14.9 Å². The Morgan fingerprint density at radius 3 is 2.53 bits per heavy atom. The predicted molar refractivity (Wildman–Crippen MR) is 133 cm³/mol. The monoisotopic (exact) mass is 485 g/mol. The van der Waals surface area contributed by atoms with Crippen LogP contribution in [-0.2, 0) is 0 Å². The highest BCUT2D eigenvalue weighted by atomic mass is 19.3. The lowest BCUT2D eigenvalue weighted by Gasteiger charge is -2.14. The van der Waals surface area contributed by atoms with E-state index >= 15 is 0 Å². The zero-order chi connectivity index (χ0) is 25.1. The summed E-state index contributed by atoms with van der Waals surface area (Å²) in [4.78, 5) is 13.5. The quantitative estimate of drug-likeness (QED) is 0.272. The largest absolute Gasteiger partial charge is 0.489 e. The molecule has 1 saturated carbocycles. The highest BCUT2D eigenvalue weighted by Crippen LogP contribution is 2.37. The van der Waals surface area contributed by atoms with E-state index in [1.807, 2.05) is 0 Å². The van der Waals surface area contributed by atoms with Crippen molar-refractivity contribution in [2.24, 2.45) is 5.92 Å². The van der Waals surface area contributed by atoms with Crippen LogP contribution in [0.4, 0.5) is 8.78 Å². The molecule has 0 bridgehead atoms. The Bertz CT molecular complexity index is 1530. The van der Waals surface area contributed by atoms with Gasteiger partial charge in [-0.15, -0.1) is 0 Å². The summed E-state index contributed by atoms with van der Waals surface area (Å²) < 4.78 is 42.7. The summed E-state index contributed by atoms with van der Waals surface area (Å²) in [7, 11) is 0. The van der Waals surface area contributed by atoms with E-state index < -0.39 is 6.61 Å². The van der Waals surface area contributed by atoms with E-state index in [2.05, 4.69) is 6.07 Å². The third kappa shape index (κ3) is 4.98. The van der Waals surface area contributed by atoms with Crippen LogP contribution in [0.1, 0.15) is 29.7 Å². The molecule has 0 amide bonds. The van der Waals surface area contributed by atoms with Crippen molar-refractivity contribution in [3.05, 3.63) is 93.8 Å². The van der Waals surface area contributed by atoms with Crippen molar-refractivity contribution in [2.75, 3.05) is 6.61 Å². The summed E-state index contributed by atoms with van der Waals surface area (Å²) in [6.45, 7) is -2.58. The second-order valence-electron chi connectivity index (χ2n) is 8.50. The van der Waals surface area contributed by atoms with Gasteiger partial charge in [-0.3, -0.25) is 4.79 Å². The first-order chi connectivity index (χ1) is 17.5. The molecule has 0 spiro atoms. The Kier molecular flexibility index (Phi) is 6.50. The van der Waals surface area contributed by atoms with Crippen LogP contribution >= 0.6 is 0 Å². The highest BCUT2D eigenvalue weighted by molar-refractivity contribution is 5.87. The molecular formula is C29H21F2NO4. The molecule has 7 heteroatoms. The van der Waals surface area contributed by atoms with Crippen molar-refractivity contribution in [1.82, 2.24) is 0 Å². The molecule has 1 aliphatic rings. The average Bonchev–Trinajstić information content (AvgIpc) is 3.71. The average molecular weight is 485 g/mol. The molecule has 0 saturated heterocycles. The summed E-state index contributed by atoms with van der Waals surface area (Å²) in [6.07, 6.45) is 5.35. The maximum absolute atomic E-state index is 13.5. The van der Waals surface area contributed by atoms with Gasteiger partial charge in [-0.2, -0.15) is 14.0 Å². The lowest BCUT2D eigenvalue weighted by molar-refractivity contribution is -0.0515. The molecule has 1 heterocycles. The molecule has 5 rings (SSSR count). The van der Waals surface area contributed by atoms with Gasteiger partial charge >= 0.3 is 6.61 Å². The first-order valence-corrected chi connectivity index (χ1v) is 11.5. The van der Waals surface area contributed by atoms with Crippen molar-refractivity contribution in [3.63, 3.8) is 0 Å². The zero-order valence-corrected chi connectivity index (χ0v) is 19.1. The molecule has 0 aliphatic heterocycles. The van der Waals surface area contributed by atoms with E-state index in [9.17, 15) is 13.6 Å². The molecule has 1 aliphatic carbocycles. The van der Waals surface area contributed by atoms with Crippen molar-refractivity contribution < 1.29 is 22.7 Å². The van der Waals surface area contributed by atoms with E-state index in [-0.39, 0.29) is 22.7 Å². The summed E-state index contributed by atoms with van der Waals surface area (Å²) in [5, 5.41) is 9.56. The van der Waals surface area contributed by atoms with Crippen LogP contribution in [-0.4, -0.2) is 13.2 Å². The third-order valence-electron chi connectivity index (χ3n) is 5.93. The molecule has 0 atom stereocenters. The number of nitrogens with zero attached hydrogens (tertiary/aromatic N) is 1. The first-order valence-electron chi connectivity index (χ1n) is 11.5. The Balaban J connectivity index is 1.62. The SMILES string of the molecule is N#Cc1ccc(-c2c(/C=C/c3cccc(OC(F)F)c3OCC3CC3)oc3ccccc3c2=O)cc1. The van der Waals surface area contributed by atoms with Gasteiger partial charge in [-0.25, -0.2) is 0 Å². The van der Waals surface area contributed by atoms with Gasteiger partial charge in [0.2, 0.25) is 5.43 Å². The molecule has 1 aromatic heterocycles. The van der Waals surface area contributed by atoms with Gasteiger partial charge in [0.1, 0.15) is 11.3 Å². The number of fused-ring (bicyclic) bond motifs is 1. The minimum absolute atomic E-state index is 0.0555. The Hall–Kier alpha value is -4.44. The van der Waals surface area contributed by atoms with E-state index in [1.54, 1.807) is 72.8 Å². The Morgan fingerprint density at radius 1 is 1.03 bits per heavy atom. The van der Waals surface area contributed by atoms with Crippen LogP contribution in [0.15, 0.2) is 75.9 Å². The summed E-state index contributed by atoms with van der Waals surface area (Å²) in [5.41, 5.74) is 2.09. The van der Waals surface area contributed by atoms with Crippen LogP contribution in [0.2, 0.25) is 0 Å². The van der Waals surface area contributed by atoms with Crippen molar-refractivity contribution >= 4 is 23.1 Å². The number of benzene rings is 3. The minimum atomic E-state index is -2.99. The van der Waals surface area contributed by atoms with Crippen molar-refractivity contribution in [2.45, 2.75) is 19.5 Å². The second-order valence-corrected chi connectivity index (χ2v) is 8.50. The van der Waals surface area contributed by atoms with E-state index in [1.165, 1.54) is 6.07 Å². The molecule has 4 aromatic rings. The number of ether oxygens (including phenoxy) is 2. The van der Waals surface area contributed by atoms with Crippen LogP contribution in [0.25, 0.3) is 34.2 Å². The van der Waals surface area contributed by atoms with Crippen molar-refractivity contribution in [3.8, 4) is 28.7 Å². The van der Waals surface area contributed by atoms with Crippen molar-refractivity contribution in [1.29, 1.82) is 5.26 Å². The number of halogens is 2. The summed E-state index contributed by atoms with van der Waals surface area (Å²) in [6, 6.07) is 20.4. The number of hydrogen-bond acceptors (Lipinski definition) is 5. The van der Waals surface area contributed by atoms with Gasteiger partial charge in [0.25, 0.3) is 0 Å². The maximum Gasteiger partial charge on any atom is 0.387 e. The van der Waals surface area contributed by atoms with Gasteiger partial charge < -0.3 is 13.9 Å². The van der Waals surface area contributed by atoms with E-state index in [0.29, 0.717) is 45.7 Å². The fourth-order valence-electron chi connectivity index (χ4n) is 3.92. The standard InChI is InChI=1S/C29H21F2NO4/c30-29(31)36-25-7-3-4-21(28(25)34-17-19-8-9-19)14-15-24-26(20-12-10-18(16-32)11-13-20)27(33)22-5-1-2-6-23(22)35-24/h1-7,10-15,19,29H,8-9,17H2/b15-14+. The van der Waals surface area contributed by atoms with E-state index in [0.717, 1.165) is 12.8 Å². The molecule has 5 nitrogen and oxygen atoms in total.